The van der Waals surface area contributed by atoms with Crippen LogP contribution in [0.5, 0.6) is 0 Å². The Morgan fingerprint density at radius 1 is 1.10 bits per heavy atom. The summed E-state index contributed by atoms with van der Waals surface area (Å²) in [6, 6.07) is 5.38. The first kappa shape index (κ1) is 18.2. The van der Waals surface area contributed by atoms with Crippen molar-refractivity contribution < 1.29 is 0 Å². The topological polar surface area (TPSA) is 68.8 Å². The molecule has 5 rings (SSSR count). The van der Waals surface area contributed by atoms with Crippen molar-refractivity contribution in [1.29, 1.82) is 0 Å². The van der Waals surface area contributed by atoms with Crippen LogP contribution in [0.15, 0.2) is 47.9 Å². The lowest BCUT2D eigenvalue weighted by Gasteiger charge is -2.32. The summed E-state index contributed by atoms with van der Waals surface area (Å²) in [5.74, 6) is 0.524. The number of piperidine rings is 1. The predicted octanol–water partition coefficient (Wildman–Crippen LogP) is 2.36. The number of nitrogens with zero attached hydrogens (tertiary/aromatic N) is 6. The van der Waals surface area contributed by atoms with Gasteiger partial charge < -0.3 is 0 Å². The van der Waals surface area contributed by atoms with Gasteiger partial charge in [0.1, 0.15) is 0 Å². The molecule has 5 heterocycles. The molecule has 2 aliphatic rings. The van der Waals surface area contributed by atoms with Crippen LogP contribution in [0.2, 0.25) is 0 Å². The maximum atomic E-state index is 12.6. The SMILES string of the molecule is O=c1cc(-c2ccncc2)ncn1CC1CCN(Cc2cnn3c2CCC3)CC1. The van der Waals surface area contributed by atoms with E-state index in [1.54, 1.807) is 29.4 Å². The summed E-state index contributed by atoms with van der Waals surface area (Å²) < 4.78 is 3.92. The molecule has 0 amide bonds. The zero-order chi connectivity index (χ0) is 19.6. The van der Waals surface area contributed by atoms with E-state index in [2.05, 4.69) is 30.8 Å². The van der Waals surface area contributed by atoms with Gasteiger partial charge in [0.15, 0.2) is 0 Å². The molecule has 0 saturated carbocycles. The summed E-state index contributed by atoms with van der Waals surface area (Å²) in [5.41, 5.74) is 4.47. The third-order valence-electron chi connectivity index (χ3n) is 6.23. The zero-order valence-corrected chi connectivity index (χ0v) is 16.6. The fourth-order valence-corrected chi connectivity index (χ4v) is 4.55. The molecule has 7 nitrogen and oxygen atoms in total. The molecule has 3 aromatic heterocycles. The van der Waals surface area contributed by atoms with Crippen LogP contribution >= 0.6 is 0 Å². The Morgan fingerprint density at radius 2 is 1.93 bits per heavy atom. The van der Waals surface area contributed by atoms with E-state index in [1.165, 1.54) is 17.7 Å². The van der Waals surface area contributed by atoms with E-state index >= 15 is 0 Å². The molecular formula is C22H26N6O. The molecule has 0 bridgehead atoms. The van der Waals surface area contributed by atoms with Crippen LogP contribution in [0, 0.1) is 5.92 Å². The van der Waals surface area contributed by atoms with Crippen molar-refractivity contribution in [2.75, 3.05) is 13.1 Å². The number of aryl methyl sites for hydroxylation is 1. The second kappa shape index (κ2) is 7.91. The molecule has 0 aliphatic carbocycles. The van der Waals surface area contributed by atoms with Crippen molar-refractivity contribution in [2.45, 2.75) is 45.3 Å². The van der Waals surface area contributed by atoms with Crippen molar-refractivity contribution in [2.24, 2.45) is 5.92 Å². The molecule has 7 heteroatoms. The van der Waals surface area contributed by atoms with Crippen LogP contribution in [0.3, 0.4) is 0 Å². The van der Waals surface area contributed by atoms with E-state index in [1.807, 2.05) is 12.1 Å². The Bertz CT molecular complexity index is 1030. The molecule has 0 spiro atoms. The maximum Gasteiger partial charge on any atom is 0.253 e. The molecule has 1 saturated heterocycles. The van der Waals surface area contributed by atoms with Gasteiger partial charge in [-0.25, -0.2) is 4.98 Å². The third kappa shape index (κ3) is 3.87. The average Bonchev–Trinajstić information content (AvgIpc) is 3.37. The van der Waals surface area contributed by atoms with Crippen LogP contribution in [-0.4, -0.2) is 42.3 Å². The van der Waals surface area contributed by atoms with E-state index in [4.69, 9.17) is 0 Å². The van der Waals surface area contributed by atoms with Crippen molar-refractivity contribution in [3.63, 3.8) is 0 Å². The lowest BCUT2D eigenvalue weighted by molar-refractivity contribution is 0.166. The fourth-order valence-electron chi connectivity index (χ4n) is 4.55. The molecule has 150 valence electrons. The molecule has 3 aromatic rings. The highest BCUT2D eigenvalue weighted by Gasteiger charge is 2.23. The lowest BCUT2D eigenvalue weighted by atomic mass is 9.96. The monoisotopic (exact) mass is 390 g/mol. The molecule has 0 radical (unpaired) electrons. The minimum absolute atomic E-state index is 0.0182. The first-order valence-electron chi connectivity index (χ1n) is 10.5. The third-order valence-corrected chi connectivity index (χ3v) is 6.23. The van der Waals surface area contributed by atoms with Crippen molar-refractivity contribution in [1.82, 2.24) is 29.2 Å². The molecular weight excluding hydrogens is 364 g/mol. The lowest BCUT2D eigenvalue weighted by Crippen LogP contribution is -2.36. The summed E-state index contributed by atoms with van der Waals surface area (Å²) in [6.07, 6.45) is 11.8. The van der Waals surface area contributed by atoms with E-state index in [0.29, 0.717) is 11.6 Å². The average molecular weight is 390 g/mol. The Labute approximate surface area is 170 Å². The zero-order valence-electron chi connectivity index (χ0n) is 16.6. The highest BCUT2D eigenvalue weighted by Crippen LogP contribution is 2.24. The van der Waals surface area contributed by atoms with Crippen LogP contribution in [0.25, 0.3) is 11.3 Å². The number of likely N-dealkylation sites (tertiary alicyclic amines) is 1. The predicted molar refractivity (Wildman–Crippen MR) is 110 cm³/mol. The van der Waals surface area contributed by atoms with Gasteiger partial charge in [0, 0.05) is 54.9 Å². The minimum atomic E-state index is 0.0182. The number of fused-ring (bicyclic) bond motifs is 1. The summed E-state index contributed by atoms with van der Waals surface area (Å²) in [4.78, 5) is 23.6. The number of pyridine rings is 1. The highest BCUT2D eigenvalue weighted by molar-refractivity contribution is 5.57. The Morgan fingerprint density at radius 3 is 2.72 bits per heavy atom. The first-order valence-corrected chi connectivity index (χ1v) is 10.5. The van der Waals surface area contributed by atoms with Gasteiger partial charge in [0.05, 0.1) is 18.2 Å². The van der Waals surface area contributed by atoms with Gasteiger partial charge in [0.25, 0.3) is 5.56 Å². The summed E-state index contributed by atoms with van der Waals surface area (Å²) in [6.45, 7) is 4.98. The Balaban J connectivity index is 1.18. The van der Waals surface area contributed by atoms with E-state index in [0.717, 1.165) is 57.5 Å². The standard InChI is InChI=1S/C22H26N6O/c29-22-12-20(18-3-7-23-8-4-18)24-16-27(22)14-17-5-10-26(11-6-17)15-19-13-25-28-9-1-2-21(19)28/h3-4,7-8,12-13,16-17H,1-2,5-6,9-11,14-15H2. The first-order chi connectivity index (χ1) is 14.3. The summed E-state index contributed by atoms with van der Waals surface area (Å²) in [7, 11) is 0. The maximum absolute atomic E-state index is 12.6. The number of aromatic nitrogens is 5. The summed E-state index contributed by atoms with van der Waals surface area (Å²) in [5, 5.41) is 4.51. The van der Waals surface area contributed by atoms with E-state index < -0.39 is 0 Å². The van der Waals surface area contributed by atoms with Gasteiger partial charge in [-0.3, -0.25) is 23.9 Å². The summed E-state index contributed by atoms with van der Waals surface area (Å²) >= 11 is 0. The van der Waals surface area contributed by atoms with Gasteiger partial charge in [0.2, 0.25) is 0 Å². The molecule has 29 heavy (non-hydrogen) atoms. The Hall–Kier alpha value is -2.80. The van der Waals surface area contributed by atoms with Crippen LogP contribution in [-0.2, 0) is 26.1 Å². The molecule has 0 N–H and O–H groups in total. The second-order valence-electron chi connectivity index (χ2n) is 8.16. The van der Waals surface area contributed by atoms with Crippen LogP contribution < -0.4 is 5.56 Å². The molecule has 0 atom stereocenters. The molecule has 2 aliphatic heterocycles. The number of rotatable bonds is 5. The van der Waals surface area contributed by atoms with Crippen molar-refractivity contribution >= 4 is 0 Å². The molecule has 0 unspecified atom stereocenters. The highest BCUT2D eigenvalue weighted by atomic mass is 16.1. The number of hydrogen-bond acceptors (Lipinski definition) is 5. The van der Waals surface area contributed by atoms with Gasteiger partial charge in [-0.05, 0) is 56.8 Å². The van der Waals surface area contributed by atoms with E-state index in [9.17, 15) is 4.79 Å². The van der Waals surface area contributed by atoms with Crippen molar-refractivity contribution in [3.05, 3.63) is 64.7 Å². The fraction of sp³-hybridized carbons (Fsp3) is 0.455. The van der Waals surface area contributed by atoms with Gasteiger partial charge in [-0.2, -0.15) is 5.10 Å². The van der Waals surface area contributed by atoms with Gasteiger partial charge in [-0.15, -0.1) is 0 Å². The van der Waals surface area contributed by atoms with Crippen LogP contribution in [0.4, 0.5) is 0 Å². The molecule has 0 aromatic carbocycles. The quantitative estimate of drug-likeness (QED) is 0.669. The normalized spacial score (nSPS) is 17.5. The van der Waals surface area contributed by atoms with E-state index in [-0.39, 0.29) is 5.56 Å². The largest absolute Gasteiger partial charge is 0.299 e. The molecule has 1 fully saturated rings. The van der Waals surface area contributed by atoms with Gasteiger partial charge >= 0.3 is 0 Å². The minimum Gasteiger partial charge on any atom is -0.299 e. The van der Waals surface area contributed by atoms with Crippen LogP contribution in [0.1, 0.15) is 30.5 Å². The Kier molecular flexibility index (Phi) is 4.97. The number of hydrogen-bond donors (Lipinski definition) is 0. The second-order valence-corrected chi connectivity index (χ2v) is 8.16. The van der Waals surface area contributed by atoms with Crippen molar-refractivity contribution in [3.8, 4) is 11.3 Å². The van der Waals surface area contributed by atoms with Gasteiger partial charge in [-0.1, -0.05) is 0 Å². The smallest absolute Gasteiger partial charge is 0.253 e.